The van der Waals surface area contributed by atoms with Gasteiger partial charge in [-0.25, -0.2) is 9.99 Å². The minimum absolute atomic E-state index is 0.00740. The highest BCUT2D eigenvalue weighted by molar-refractivity contribution is 7.98. The smallest absolute Gasteiger partial charge is 0.272 e. The number of carbonyl (C=O) groups excluding carboxylic acids is 2. The minimum atomic E-state index is -0.519. The average molecular weight is 449 g/mol. The number of amides is 2. The molecule has 2 aromatic carbocycles. The van der Waals surface area contributed by atoms with Crippen LogP contribution >= 0.6 is 11.8 Å². The van der Waals surface area contributed by atoms with Crippen LogP contribution in [-0.4, -0.2) is 50.7 Å². The van der Waals surface area contributed by atoms with E-state index in [-0.39, 0.29) is 17.4 Å². The minimum Gasteiger partial charge on any atom is -0.290 e. The van der Waals surface area contributed by atoms with Crippen LogP contribution in [0.3, 0.4) is 0 Å². The molecule has 2 aliphatic rings. The molecule has 0 radical (unpaired) electrons. The second-order valence-corrected chi connectivity index (χ2v) is 9.13. The van der Waals surface area contributed by atoms with Crippen LogP contribution in [0, 0.1) is 0 Å². The molecule has 1 saturated carbocycles. The van der Waals surface area contributed by atoms with Gasteiger partial charge >= 0.3 is 0 Å². The highest BCUT2D eigenvalue weighted by Crippen LogP contribution is 2.50. The van der Waals surface area contributed by atoms with Gasteiger partial charge in [0.25, 0.3) is 17.4 Å². The van der Waals surface area contributed by atoms with E-state index in [1.54, 1.807) is 35.3 Å². The number of thioether (sulfide) groups is 1. The van der Waals surface area contributed by atoms with E-state index in [4.69, 9.17) is 0 Å². The van der Waals surface area contributed by atoms with Gasteiger partial charge in [-0.05, 0) is 49.3 Å². The van der Waals surface area contributed by atoms with Crippen molar-refractivity contribution < 1.29 is 9.59 Å². The predicted molar refractivity (Wildman–Crippen MR) is 123 cm³/mol. The average Bonchev–Trinajstić information content (AvgIpc) is 3.50. The van der Waals surface area contributed by atoms with Gasteiger partial charge in [-0.15, -0.1) is 0 Å². The van der Waals surface area contributed by atoms with E-state index in [0.29, 0.717) is 34.7 Å². The summed E-state index contributed by atoms with van der Waals surface area (Å²) in [5.41, 5.74) is 1.27. The van der Waals surface area contributed by atoms with Gasteiger partial charge in [0.1, 0.15) is 0 Å². The van der Waals surface area contributed by atoms with Gasteiger partial charge in [0.05, 0.1) is 16.3 Å². The molecule has 1 saturated heterocycles. The second kappa shape index (κ2) is 7.78. The van der Waals surface area contributed by atoms with E-state index >= 15 is 0 Å². The van der Waals surface area contributed by atoms with E-state index < -0.39 is 5.41 Å². The zero-order valence-electron chi connectivity index (χ0n) is 18.1. The number of rotatable bonds is 4. The Balaban J connectivity index is 1.46. The molecule has 0 unspecified atom stereocenters. The predicted octanol–water partition coefficient (Wildman–Crippen LogP) is 2.98. The highest BCUT2D eigenvalue weighted by Gasteiger charge is 2.54. The topological polar surface area (TPSA) is 75.5 Å². The largest absolute Gasteiger partial charge is 0.290 e. The molecule has 1 aromatic heterocycles. The molecule has 164 valence electrons. The normalized spacial score (nSPS) is 17.1. The number of hydrogen-bond acceptors (Lipinski definition) is 5. The first-order valence-corrected chi connectivity index (χ1v) is 11.9. The van der Waals surface area contributed by atoms with Crippen LogP contribution in [-0.2, 0) is 17.3 Å². The van der Waals surface area contributed by atoms with Crippen molar-refractivity contribution in [1.82, 2.24) is 19.6 Å². The van der Waals surface area contributed by atoms with Gasteiger partial charge in [0.2, 0.25) is 0 Å². The first-order valence-electron chi connectivity index (χ1n) is 10.7. The van der Waals surface area contributed by atoms with Crippen molar-refractivity contribution in [3.63, 3.8) is 0 Å². The third-order valence-electron chi connectivity index (χ3n) is 6.45. The lowest BCUT2D eigenvalue weighted by atomic mass is 9.95. The van der Waals surface area contributed by atoms with Crippen molar-refractivity contribution >= 4 is 34.5 Å². The summed E-state index contributed by atoms with van der Waals surface area (Å²) in [6.07, 6.45) is 4.20. The fraction of sp³-hybridized carbons (Fsp3) is 0.333. The number of benzene rings is 2. The number of carbonyl (C=O) groups is 2. The molecule has 0 spiro atoms. The lowest BCUT2D eigenvalue weighted by Crippen LogP contribution is -2.48. The number of fused-ring (bicyclic) bond motifs is 1. The second-order valence-electron chi connectivity index (χ2n) is 8.35. The summed E-state index contributed by atoms with van der Waals surface area (Å²) in [4.78, 5) is 44.1. The standard InChI is InChI=1S/C24H24N4O3S/c1-26-21(30)18-10-9-16(15-19(18)25-23(26)32-2)20(29)27-13-6-14-28(27)22(31)24(11-12-24)17-7-4-3-5-8-17/h3-5,7-10,15H,6,11-14H2,1-2H3. The molecule has 2 amide bonds. The van der Waals surface area contributed by atoms with E-state index in [1.165, 1.54) is 16.3 Å². The Hall–Kier alpha value is -3.13. The van der Waals surface area contributed by atoms with Crippen LogP contribution in [0.1, 0.15) is 35.2 Å². The van der Waals surface area contributed by atoms with Crippen molar-refractivity contribution in [2.24, 2.45) is 7.05 Å². The number of hydrogen-bond donors (Lipinski definition) is 0. The Labute approximate surface area is 190 Å². The van der Waals surface area contributed by atoms with Crippen molar-refractivity contribution in [2.75, 3.05) is 19.3 Å². The summed E-state index contributed by atoms with van der Waals surface area (Å²) in [6.45, 7) is 1.02. The molecule has 0 N–H and O–H groups in total. The van der Waals surface area contributed by atoms with Crippen molar-refractivity contribution in [2.45, 2.75) is 29.8 Å². The van der Waals surface area contributed by atoms with Crippen LogP contribution in [0.15, 0.2) is 58.5 Å². The molecule has 7 nitrogen and oxygen atoms in total. The van der Waals surface area contributed by atoms with Crippen molar-refractivity contribution in [1.29, 1.82) is 0 Å². The third kappa shape index (κ3) is 3.21. The van der Waals surface area contributed by atoms with Gasteiger partial charge in [0.15, 0.2) is 5.16 Å². The van der Waals surface area contributed by atoms with Crippen LogP contribution in [0.2, 0.25) is 0 Å². The highest BCUT2D eigenvalue weighted by atomic mass is 32.2. The maximum Gasteiger partial charge on any atom is 0.272 e. The molecule has 3 aromatic rings. The van der Waals surface area contributed by atoms with E-state index in [0.717, 1.165) is 24.8 Å². The summed E-state index contributed by atoms with van der Waals surface area (Å²) < 4.78 is 1.51. The molecule has 1 aliphatic carbocycles. The van der Waals surface area contributed by atoms with E-state index in [9.17, 15) is 14.4 Å². The molecule has 1 aliphatic heterocycles. The molecule has 2 heterocycles. The van der Waals surface area contributed by atoms with E-state index in [2.05, 4.69) is 4.98 Å². The molecular weight excluding hydrogens is 424 g/mol. The Bertz CT molecular complexity index is 1280. The molecule has 5 rings (SSSR count). The molecule has 0 bridgehead atoms. The van der Waals surface area contributed by atoms with Gasteiger partial charge in [-0.3, -0.25) is 24.0 Å². The molecule has 0 atom stereocenters. The maximum atomic E-state index is 13.5. The number of nitrogens with zero attached hydrogens (tertiary/aromatic N) is 4. The van der Waals surface area contributed by atoms with Crippen LogP contribution in [0.4, 0.5) is 0 Å². The summed E-state index contributed by atoms with van der Waals surface area (Å²) >= 11 is 1.38. The maximum absolute atomic E-state index is 13.5. The van der Waals surface area contributed by atoms with E-state index in [1.807, 2.05) is 36.6 Å². The Morgan fingerprint density at radius 2 is 1.75 bits per heavy atom. The summed E-state index contributed by atoms with van der Waals surface area (Å²) in [5.74, 6) is -0.248. The molecule has 2 fully saturated rings. The lowest BCUT2D eigenvalue weighted by molar-refractivity contribution is -0.143. The zero-order valence-corrected chi connectivity index (χ0v) is 18.9. The first kappa shape index (κ1) is 20.8. The van der Waals surface area contributed by atoms with Crippen molar-refractivity contribution in [3.8, 4) is 0 Å². The Morgan fingerprint density at radius 3 is 2.44 bits per heavy atom. The van der Waals surface area contributed by atoms with Crippen LogP contribution < -0.4 is 5.56 Å². The van der Waals surface area contributed by atoms with Gasteiger partial charge < -0.3 is 0 Å². The van der Waals surface area contributed by atoms with Gasteiger partial charge in [-0.1, -0.05) is 42.1 Å². The fourth-order valence-corrected chi connectivity index (χ4v) is 5.05. The molecular formula is C24H24N4O3S. The molecule has 8 heteroatoms. The lowest BCUT2D eigenvalue weighted by Gasteiger charge is -2.31. The Morgan fingerprint density at radius 1 is 1.03 bits per heavy atom. The molecule has 32 heavy (non-hydrogen) atoms. The third-order valence-corrected chi connectivity index (χ3v) is 7.18. The zero-order chi connectivity index (χ0) is 22.5. The fourth-order valence-electron chi connectivity index (χ4n) is 4.50. The summed E-state index contributed by atoms with van der Waals surface area (Å²) in [6, 6.07) is 14.8. The first-order chi connectivity index (χ1) is 15.5. The monoisotopic (exact) mass is 448 g/mol. The van der Waals surface area contributed by atoms with Crippen LogP contribution in [0.5, 0.6) is 0 Å². The summed E-state index contributed by atoms with van der Waals surface area (Å²) in [5, 5.41) is 4.24. The summed E-state index contributed by atoms with van der Waals surface area (Å²) in [7, 11) is 1.69. The SMILES string of the molecule is CSc1nc2cc(C(=O)N3CCCN3C(=O)C3(c4ccccc4)CC3)ccc2c(=O)n1C. The quantitative estimate of drug-likeness (QED) is 0.453. The number of aromatic nitrogens is 2. The van der Waals surface area contributed by atoms with Crippen molar-refractivity contribution in [3.05, 3.63) is 70.0 Å². The van der Waals surface area contributed by atoms with Gasteiger partial charge in [-0.2, -0.15) is 0 Å². The Kier molecular flexibility index (Phi) is 5.04. The van der Waals surface area contributed by atoms with Gasteiger partial charge in [0, 0.05) is 25.7 Å². The van der Waals surface area contributed by atoms with Crippen LogP contribution in [0.25, 0.3) is 10.9 Å². The number of hydrazine groups is 1.